The zero-order valence-electron chi connectivity index (χ0n) is 15.8. The van der Waals surface area contributed by atoms with Gasteiger partial charge in [-0.1, -0.05) is 18.2 Å². The Balaban J connectivity index is 1.86. The van der Waals surface area contributed by atoms with Crippen LogP contribution >= 0.6 is 0 Å². The van der Waals surface area contributed by atoms with Gasteiger partial charge in [0, 0.05) is 51.9 Å². The first-order valence-corrected chi connectivity index (χ1v) is 9.16. The summed E-state index contributed by atoms with van der Waals surface area (Å²) >= 11 is 0. The molecule has 140 valence electrons. The van der Waals surface area contributed by atoms with E-state index in [1.807, 2.05) is 18.2 Å². The summed E-state index contributed by atoms with van der Waals surface area (Å²) in [7, 11) is 3.78. The topological polar surface area (TPSA) is 49.3 Å². The van der Waals surface area contributed by atoms with Crippen molar-refractivity contribution in [3.8, 4) is 5.75 Å². The van der Waals surface area contributed by atoms with Crippen LogP contribution in [0.5, 0.6) is 5.75 Å². The zero-order valence-corrected chi connectivity index (χ0v) is 15.8. The lowest BCUT2D eigenvalue weighted by atomic mass is 10.2. The van der Waals surface area contributed by atoms with Crippen LogP contribution in [0.25, 0.3) is 0 Å². The molecule has 1 heterocycles. The number of morpholine rings is 1. The van der Waals surface area contributed by atoms with Crippen molar-refractivity contribution >= 4 is 5.96 Å². The highest BCUT2D eigenvalue weighted by atomic mass is 16.5. The van der Waals surface area contributed by atoms with E-state index in [-0.39, 0.29) is 0 Å². The van der Waals surface area contributed by atoms with E-state index in [4.69, 9.17) is 14.5 Å². The van der Waals surface area contributed by atoms with Crippen LogP contribution in [0.1, 0.15) is 18.9 Å². The zero-order chi connectivity index (χ0) is 17.9. The maximum atomic E-state index is 5.45. The van der Waals surface area contributed by atoms with Gasteiger partial charge in [-0.3, -0.25) is 9.89 Å². The fraction of sp³-hybridized carbons (Fsp3) is 0.632. The van der Waals surface area contributed by atoms with E-state index in [0.717, 1.165) is 76.2 Å². The van der Waals surface area contributed by atoms with Gasteiger partial charge in [0.25, 0.3) is 0 Å². The molecule has 0 radical (unpaired) electrons. The molecule has 1 aromatic carbocycles. The summed E-state index contributed by atoms with van der Waals surface area (Å²) in [6.45, 7) is 9.42. The lowest BCUT2D eigenvalue weighted by molar-refractivity contribution is 0.0377. The molecule has 1 aliphatic heterocycles. The normalized spacial score (nSPS) is 15.9. The number of guanidine groups is 1. The minimum atomic E-state index is 0.763. The number of rotatable bonds is 8. The fourth-order valence-corrected chi connectivity index (χ4v) is 2.94. The van der Waals surface area contributed by atoms with Crippen LogP contribution in [-0.4, -0.2) is 75.9 Å². The molecule has 0 bridgehead atoms. The van der Waals surface area contributed by atoms with Crippen LogP contribution in [0, 0.1) is 0 Å². The molecule has 1 N–H and O–H groups in total. The van der Waals surface area contributed by atoms with Gasteiger partial charge in [0.2, 0.25) is 0 Å². The first-order chi connectivity index (χ1) is 12.2. The largest absolute Gasteiger partial charge is 0.496 e. The van der Waals surface area contributed by atoms with E-state index in [9.17, 15) is 0 Å². The molecule has 0 saturated carbocycles. The third-order valence-corrected chi connectivity index (χ3v) is 4.29. The number of hydrogen-bond acceptors (Lipinski definition) is 4. The summed E-state index contributed by atoms with van der Waals surface area (Å²) in [6.07, 6.45) is 1.07. The van der Waals surface area contributed by atoms with Gasteiger partial charge in [-0.15, -0.1) is 0 Å². The average molecular weight is 348 g/mol. The predicted octanol–water partition coefficient (Wildman–Crippen LogP) is 1.81. The summed E-state index contributed by atoms with van der Waals surface area (Å²) in [5.41, 5.74) is 1.16. The highest BCUT2D eigenvalue weighted by Crippen LogP contribution is 2.18. The Hall–Kier alpha value is -1.79. The summed E-state index contributed by atoms with van der Waals surface area (Å²) in [5.74, 6) is 1.85. The Morgan fingerprint density at radius 1 is 1.32 bits per heavy atom. The molecular formula is C19H32N4O2. The minimum Gasteiger partial charge on any atom is -0.496 e. The molecule has 6 nitrogen and oxygen atoms in total. The second-order valence-electron chi connectivity index (χ2n) is 6.21. The van der Waals surface area contributed by atoms with Crippen molar-refractivity contribution < 1.29 is 9.47 Å². The number of aliphatic imine (C=N–C) groups is 1. The molecule has 0 atom stereocenters. The van der Waals surface area contributed by atoms with Crippen LogP contribution in [0.4, 0.5) is 0 Å². The second-order valence-corrected chi connectivity index (χ2v) is 6.21. The van der Waals surface area contributed by atoms with E-state index in [0.29, 0.717) is 0 Å². The summed E-state index contributed by atoms with van der Waals surface area (Å²) in [6, 6.07) is 8.12. The number of methoxy groups -OCH3 is 1. The van der Waals surface area contributed by atoms with Crippen LogP contribution in [0.3, 0.4) is 0 Å². The number of para-hydroxylation sites is 1. The van der Waals surface area contributed by atoms with Gasteiger partial charge in [0.15, 0.2) is 5.96 Å². The monoisotopic (exact) mass is 348 g/mol. The van der Waals surface area contributed by atoms with Crippen molar-refractivity contribution in [3.63, 3.8) is 0 Å². The molecule has 0 aromatic heterocycles. The number of nitrogens with one attached hydrogen (secondary N) is 1. The minimum absolute atomic E-state index is 0.763. The Morgan fingerprint density at radius 3 is 2.80 bits per heavy atom. The Bertz CT molecular complexity index is 530. The van der Waals surface area contributed by atoms with E-state index >= 15 is 0 Å². The van der Waals surface area contributed by atoms with Crippen LogP contribution in [0.2, 0.25) is 0 Å². The Labute approximate surface area is 151 Å². The van der Waals surface area contributed by atoms with Gasteiger partial charge >= 0.3 is 0 Å². The molecule has 6 heteroatoms. The van der Waals surface area contributed by atoms with Crippen LogP contribution in [0.15, 0.2) is 29.3 Å². The maximum Gasteiger partial charge on any atom is 0.193 e. The van der Waals surface area contributed by atoms with Gasteiger partial charge < -0.3 is 19.7 Å². The van der Waals surface area contributed by atoms with E-state index in [2.05, 4.69) is 35.2 Å². The first kappa shape index (κ1) is 19.5. The van der Waals surface area contributed by atoms with Crippen molar-refractivity contribution in [2.75, 3.05) is 60.1 Å². The summed E-state index contributed by atoms with van der Waals surface area (Å²) < 4.78 is 10.8. The highest BCUT2D eigenvalue weighted by Gasteiger charge is 2.11. The molecule has 0 spiro atoms. The standard InChI is InChI=1S/C19H32N4O2/c1-4-20-19(21-10-7-11-23-12-14-25-15-13-23)22(2)16-17-8-5-6-9-18(17)24-3/h5-6,8-9H,4,7,10-16H2,1-3H3,(H,20,21). The number of hydrogen-bond donors (Lipinski definition) is 1. The van der Waals surface area contributed by atoms with Crippen LogP contribution < -0.4 is 10.1 Å². The lowest BCUT2D eigenvalue weighted by Crippen LogP contribution is -2.39. The predicted molar refractivity (Wildman–Crippen MR) is 102 cm³/mol. The molecule has 0 aliphatic carbocycles. The van der Waals surface area contributed by atoms with Crippen molar-refractivity contribution in [2.24, 2.45) is 4.99 Å². The summed E-state index contributed by atoms with van der Waals surface area (Å²) in [4.78, 5) is 9.38. The molecule has 1 aliphatic rings. The van der Waals surface area contributed by atoms with Gasteiger partial charge in [0.1, 0.15) is 5.75 Å². The molecule has 0 amide bonds. The Kier molecular flexibility index (Phi) is 8.55. The molecule has 2 rings (SSSR count). The van der Waals surface area contributed by atoms with Gasteiger partial charge in [-0.25, -0.2) is 0 Å². The Morgan fingerprint density at radius 2 is 2.08 bits per heavy atom. The van der Waals surface area contributed by atoms with E-state index in [1.165, 1.54) is 0 Å². The van der Waals surface area contributed by atoms with Crippen molar-refractivity contribution in [3.05, 3.63) is 29.8 Å². The molecular weight excluding hydrogens is 316 g/mol. The second kappa shape index (κ2) is 10.9. The van der Waals surface area contributed by atoms with Crippen molar-refractivity contribution in [2.45, 2.75) is 19.9 Å². The third-order valence-electron chi connectivity index (χ3n) is 4.29. The average Bonchev–Trinajstić information content (AvgIpc) is 2.65. The molecule has 1 aromatic rings. The number of nitrogens with zero attached hydrogens (tertiary/aromatic N) is 3. The smallest absolute Gasteiger partial charge is 0.193 e. The van der Waals surface area contributed by atoms with Gasteiger partial charge in [-0.2, -0.15) is 0 Å². The van der Waals surface area contributed by atoms with Crippen molar-refractivity contribution in [1.29, 1.82) is 0 Å². The maximum absolute atomic E-state index is 5.45. The number of ether oxygens (including phenoxy) is 2. The molecule has 0 unspecified atom stereocenters. The summed E-state index contributed by atoms with van der Waals surface area (Å²) in [5, 5.41) is 3.38. The van der Waals surface area contributed by atoms with Crippen molar-refractivity contribution in [1.82, 2.24) is 15.1 Å². The highest BCUT2D eigenvalue weighted by molar-refractivity contribution is 5.79. The van der Waals surface area contributed by atoms with Gasteiger partial charge in [-0.05, 0) is 19.4 Å². The van der Waals surface area contributed by atoms with Crippen LogP contribution in [-0.2, 0) is 11.3 Å². The first-order valence-electron chi connectivity index (χ1n) is 9.16. The van der Waals surface area contributed by atoms with Gasteiger partial charge in [0.05, 0.1) is 20.3 Å². The van der Waals surface area contributed by atoms with E-state index in [1.54, 1.807) is 7.11 Å². The van der Waals surface area contributed by atoms with E-state index < -0.39 is 0 Å². The molecule has 25 heavy (non-hydrogen) atoms. The lowest BCUT2D eigenvalue weighted by Gasteiger charge is -2.26. The fourth-order valence-electron chi connectivity index (χ4n) is 2.94. The number of benzene rings is 1. The molecule has 1 saturated heterocycles. The SMILES string of the molecule is CCNC(=NCCCN1CCOCC1)N(C)Cc1ccccc1OC. The quantitative estimate of drug-likeness (QED) is 0.441. The molecule has 1 fully saturated rings. The third kappa shape index (κ3) is 6.55.